The molecule has 7 nitrogen and oxygen atoms in total. The third-order valence-corrected chi connectivity index (χ3v) is 9.13. The summed E-state index contributed by atoms with van der Waals surface area (Å²) in [5.74, 6) is 0. The predicted molar refractivity (Wildman–Crippen MR) is 210 cm³/mol. The van der Waals surface area contributed by atoms with Crippen LogP contribution in [0, 0.1) is 0 Å². The molecule has 0 fully saturated rings. The van der Waals surface area contributed by atoms with Gasteiger partial charge in [0.2, 0.25) is 0 Å². The molecule has 0 amide bonds. The molecule has 300 valence electrons. The largest absolute Gasteiger partial charge is 0.394 e. The first-order valence-corrected chi connectivity index (χ1v) is 21.4. The summed E-state index contributed by atoms with van der Waals surface area (Å²) in [5.41, 5.74) is 0. The summed E-state index contributed by atoms with van der Waals surface area (Å²) in [6.45, 7) is 5.14. The van der Waals surface area contributed by atoms with Gasteiger partial charge in [-0.25, -0.2) is 0 Å². The highest BCUT2D eigenvalue weighted by atomic mass is 16.5. The van der Waals surface area contributed by atoms with E-state index in [2.05, 4.69) is 13.8 Å². The summed E-state index contributed by atoms with van der Waals surface area (Å²) in [6.07, 6.45) is 44.1. The lowest BCUT2D eigenvalue weighted by Gasteiger charge is -2.06. The maximum absolute atomic E-state index is 8.17. The fourth-order valence-corrected chi connectivity index (χ4v) is 5.72. The van der Waals surface area contributed by atoms with E-state index in [0.717, 1.165) is 13.2 Å². The fourth-order valence-electron chi connectivity index (χ4n) is 5.72. The normalized spacial score (nSPS) is 11.1. The molecule has 0 bridgehead atoms. The molecule has 0 spiro atoms. The van der Waals surface area contributed by atoms with Crippen LogP contribution in [0.2, 0.25) is 0 Å². The van der Waals surface area contributed by atoms with E-state index >= 15 is 0 Å². The van der Waals surface area contributed by atoms with Gasteiger partial charge in [0.25, 0.3) is 0 Å². The molecule has 0 radical (unpaired) electrons. The van der Waals surface area contributed by atoms with Gasteiger partial charge >= 0.3 is 0 Å². The molecule has 49 heavy (non-hydrogen) atoms. The summed E-state index contributed by atoms with van der Waals surface area (Å²) in [4.78, 5) is 0. The summed E-state index contributed by atoms with van der Waals surface area (Å²) in [5, 5.41) is 48.0. The minimum absolute atomic E-state index is 0.365. The van der Waals surface area contributed by atoms with Gasteiger partial charge in [-0.2, -0.15) is 0 Å². The molecule has 0 heterocycles. The van der Waals surface area contributed by atoms with Gasteiger partial charge in [0.1, 0.15) is 12.2 Å². The van der Waals surface area contributed by atoms with E-state index in [1.165, 1.54) is 205 Å². The molecular weight excluding hydrogens is 616 g/mol. The zero-order valence-corrected chi connectivity index (χ0v) is 33.1. The third-order valence-electron chi connectivity index (χ3n) is 9.13. The number of rotatable bonds is 38. The van der Waals surface area contributed by atoms with Crippen molar-refractivity contribution in [1.82, 2.24) is 0 Å². The van der Waals surface area contributed by atoms with Gasteiger partial charge in [-0.1, -0.05) is 206 Å². The molecule has 0 rings (SSSR count). The molecule has 0 unspecified atom stereocenters. The second-order valence-electron chi connectivity index (χ2n) is 14.3. The van der Waals surface area contributed by atoms with Crippen LogP contribution in [0.3, 0.4) is 0 Å². The lowest BCUT2D eigenvalue weighted by Crippen LogP contribution is -2.15. The SMILES string of the molecule is CCCCCCCCCCCCCCCCCCOCCCCCCCCCCCCCCCCCC.OCC(O)CO.OCC(O)CO. The Bertz CT molecular complexity index is 471. The highest BCUT2D eigenvalue weighted by Gasteiger charge is 1.98. The topological polar surface area (TPSA) is 131 Å². The van der Waals surface area contributed by atoms with Gasteiger partial charge in [-0.3, -0.25) is 0 Å². The number of unbranched alkanes of at least 4 members (excludes halogenated alkanes) is 30. The van der Waals surface area contributed by atoms with Gasteiger partial charge in [0.05, 0.1) is 26.4 Å². The first-order valence-electron chi connectivity index (χ1n) is 21.4. The van der Waals surface area contributed by atoms with Crippen molar-refractivity contribution in [1.29, 1.82) is 0 Å². The Kier molecular flexibility index (Phi) is 56.4. The first kappa shape index (κ1) is 53.1. The van der Waals surface area contributed by atoms with Crippen LogP contribution in [0.25, 0.3) is 0 Å². The zero-order chi connectivity index (χ0) is 36.7. The number of hydrogen-bond donors (Lipinski definition) is 6. The molecule has 0 aromatic carbocycles. The molecule has 0 aromatic rings. The lowest BCUT2D eigenvalue weighted by molar-refractivity contribution is 0.0450. The molecule has 7 heteroatoms. The molecule has 0 saturated heterocycles. The maximum atomic E-state index is 8.17. The van der Waals surface area contributed by atoms with Crippen molar-refractivity contribution < 1.29 is 35.4 Å². The number of hydrogen-bond acceptors (Lipinski definition) is 7. The van der Waals surface area contributed by atoms with Crippen molar-refractivity contribution >= 4 is 0 Å². The van der Waals surface area contributed by atoms with E-state index in [1.807, 2.05) is 0 Å². The quantitative estimate of drug-likeness (QED) is 0.0352. The molecule has 0 saturated carbocycles. The standard InChI is InChI=1S/C36H74O.2C3H8O3/c1-3-5-7-9-11-13-15-17-19-21-23-25-27-29-31-33-35-37-36-34-32-30-28-26-24-22-20-18-16-14-12-10-8-6-4-2;2*4-1-3(6)2-5/h3-36H2,1-2H3;2*3-6H,1-2H2. The van der Waals surface area contributed by atoms with E-state index in [-0.39, 0.29) is 26.4 Å². The molecule has 0 aromatic heterocycles. The second kappa shape index (κ2) is 52.1. The highest BCUT2D eigenvalue weighted by Crippen LogP contribution is 2.15. The lowest BCUT2D eigenvalue weighted by atomic mass is 10.0. The highest BCUT2D eigenvalue weighted by molar-refractivity contribution is 4.52. The van der Waals surface area contributed by atoms with Crippen LogP contribution in [0.1, 0.15) is 219 Å². The fraction of sp³-hybridized carbons (Fsp3) is 1.00. The van der Waals surface area contributed by atoms with E-state index in [4.69, 9.17) is 35.4 Å². The zero-order valence-electron chi connectivity index (χ0n) is 33.1. The van der Waals surface area contributed by atoms with Gasteiger partial charge < -0.3 is 35.4 Å². The third kappa shape index (κ3) is 57.3. The Morgan fingerprint density at radius 1 is 0.286 bits per heavy atom. The van der Waals surface area contributed by atoms with Crippen LogP contribution < -0.4 is 0 Å². The van der Waals surface area contributed by atoms with E-state index < -0.39 is 12.2 Å². The molecular formula is C42H90O7. The van der Waals surface area contributed by atoms with Crippen molar-refractivity contribution in [2.45, 2.75) is 232 Å². The summed E-state index contributed by atoms with van der Waals surface area (Å²) < 4.78 is 5.87. The summed E-state index contributed by atoms with van der Waals surface area (Å²) in [7, 11) is 0. The Morgan fingerprint density at radius 2 is 0.449 bits per heavy atom. The monoisotopic (exact) mass is 707 g/mol. The van der Waals surface area contributed by atoms with Crippen LogP contribution in [0.5, 0.6) is 0 Å². The maximum Gasteiger partial charge on any atom is 0.100 e. The van der Waals surface area contributed by atoms with Crippen molar-refractivity contribution in [3.8, 4) is 0 Å². The molecule has 0 atom stereocenters. The average Bonchev–Trinajstić information content (AvgIpc) is 3.13. The van der Waals surface area contributed by atoms with Gasteiger partial charge in [-0.15, -0.1) is 0 Å². The molecule has 0 aliphatic heterocycles. The van der Waals surface area contributed by atoms with Gasteiger partial charge in [0, 0.05) is 13.2 Å². The average molecular weight is 707 g/mol. The van der Waals surface area contributed by atoms with Crippen molar-refractivity contribution in [3.05, 3.63) is 0 Å². The molecule has 6 N–H and O–H groups in total. The summed E-state index contributed by atoms with van der Waals surface area (Å²) >= 11 is 0. The van der Waals surface area contributed by atoms with Crippen molar-refractivity contribution in [2.75, 3.05) is 39.6 Å². The Balaban J connectivity index is -0.00000149. The van der Waals surface area contributed by atoms with Crippen LogP contribution in [0.15, 0.2) is 0 Å². The van der Waals surface area contributed by atoms with E-state index in [0.29, 0.717) is 0 Å². The smallest absolute Gasteiger partial charge is 0.100 e. The second-order valence-corrected chi connectivity index (χ2v) is 14.3. The van der Waals surface area contributed by atoms with Crippen LogP contribution in [-0.2, 0) is 4.74 Å². The van der Waals surface area contributed by atoms with Crippen LogP contribution >= 0.6 is 0 Å². The number of aliphatic hydroxyl groups is 6. The summed E-state index contributed by atoms with van der Waals surface area (Å²) in [6, 6.07) is 0. The predicted octanol–water partition coefficient (Wildman–Crippen LogP) is 10.2. The van der Waals surface area contributed by atoms with Gasteiger partial charge in [-0.05, 0) is 12.8 Å². The minimum atomic E-state index is -0.954. The van der Waals surface area contributed by atoms with Crippen molar-refractivity contribution in [3.63, 3.8) is 0 Å². The van der Waals surface area contributed by atoms with Crippen LogP contribution in [0.4, 0.5) is 0 Å². The minimum Gasteiger partial charge on any atom is -0.394 e. The molecule has 0 aliphatic carbocycles. The molecule has 0 aliphatic rings. The first-order chi connectivity index (χ1) is 24.0. The Hall–Kier alpha value is -0.280. The number of aliphatic hydroxyl groups excluding tert-OH is 6. The van der Waals surface area contributed by atoms with Gasteiger partial charge in [0.15, 0.2) is 0 Å². The Labute approximate surface area is 306 Å². The number of ether oxygens (including phenoxy) is 1. The Morgan fingerprint density at radius 3 is 0.592 bits per heavy atom. The van der Waals surface area contributed by atoms with E-state index in [9.17, 15) is 0 Å². The van der Waals surface area contributed by atoms with E-state index in [1.54, 1.807) is 0 Å². The van der Waals surface area contributed by atoms with Crippen LogP contribution in [-0.4, -0.2) is 82.5 Å². The van der Waals surface area contributed by atoms with Crippen molar-refractivity contribution in [2.24, 2.45) is 0 Å².